The van der Waals surface area contributed by atoms with Crippen LogP contribution in [0.1, 0.15) is 11.1 Å². The highest BCUT2D eigenvalue weighted by Gasteiger charge is 2.15. The third kappa shape index (κ3) is 4.55. The quantitative estimate of drug-likeness (QED) is 0.492. The Bertz CT molecular complexity index is 1150. The van der Waals surface area contributed by atoms with Crippen molar-refractivity contribution in [1.29, 1.82) is 0 Å². The Labute approximate surface area is 174 Å². The third-order valence-electron chi connectivity index (χ3n) is 4.55. The Hall–Kier alpha value is -3.93. The molecule has 0 radical (unpaired) electrons. The summed E-state index contributed by atoms with van der Waals surface area (Å²) in [5.74, 6) is 1.08. The summed E-state index contributed by atoms with van der Waals surface area (Å²) in [4.78, 5) is 16.7. The third-order valence-corrected chi connectivity index (χ3v) is 4.55. The number of hydrogen-bond acceptors (Lipinski definition) is 5. The summed E-state index contributed by atoms with van der Waals surface area (Å²) in [6.45, 7) is 3.88. The summed E-state index contributed by atoms with van der Waals surface area (Å²) < 4.78 is 11.2. The first-order valence-corrected chi connectivity index (χ1v) is 9.58. The van der Waals surface area contributed by atoms with Crippen LogP contribution < -0.4 is 10.1 Å². The van der Waals surface area contributed by atoms with Crippen LogP contribution in [0.15, 0.2) is 77.3 Å². The average Bonchev–Trinajstić information content (AvgIpc) is 3.25. The molecule has 1 heterocycles. The van der Waals surface area contributed by atoms with Gasteiger partial charge in [-0.2, -0.15) is 4.98 Å². The number of carbonyl (C=O) groups excluding carboxylic acids is 1. The first kappa shape index (κ1) is 19.4. The largest absolute Gasteiger partial charge is 0.483 e. The maximum atomic E-state index is 12.2. The Balaban J connectivity index is 1.47. The second-order valence-corrected chi connectivity index (χ2v) is 6.99. The SMILES string of the molecule is Cc1ccc(NC(=O)COc2ccccc2-c2nc(-c3ccc(C)cc3)no2)cc1. The van der Waals surface area contributed by atoms with Crippen LogP contribution in [0.25, 0.3) is 22.8 Å². The molecule has 4 rings (SSSR count). The maximum Gasteiger partial charge on any atom is 0.262 e. The zero-order valence-electron chi connectivity index (χ0n) is 16.8. The highest BCUT2D eigenvalue weighted by molar-refractivity contribution is 5.92. The minimum Gasteiger partial charge on any atom is -0.483 e. The summed E-state index contributed by atoms with van der Waals surface area (Å²) in [5.41, 5.74) is 4.51. The van der Waals surface area contributed by atoms with Crippen LogP contribution in [0.3, 0.4) is 0 Å². The number of hydrogen-bond donors (Lipinski definition) is 1. The van der Waals surface area contributed by atoms with Crippen LogP contribution in [0.5, 0.6) is 5.75 Å². The lowest BCUT2D eigenvalue weighted by Gasteiger charge is -2.10. The predicted molar refractivity (Wildman–Crippen MR) is 115 cm³/mol. The number of nitrogens with zero attached hydrogens (tertiary/aromatic N) is 2. The zero-order valence-corrected chi connectivity index (χ0v) is 16.8. The Morgan fingerprint density at radius 3 is 2.33 bits per heavy atom. The number of nitrogens with one attached hydrogen (secondary N) is 1. The van der Waals surface area contributed by atoms with Crippen LogP contribution in [0.2, 0.25) is 0 Å². The molecule has 0 atom stereocenters. The van der Waals surface area contributed by atoms with Crippen molar-refractivity contribution in [3.05, 3.63) is 83.9 Å². The monoisotopic (exact) mass is 399 g/mol. The molecule has 0 aliphatic carbocycles. The lowest BCUT2D eigenvalue weighted by molar-refractivity contribution is -0.118. The number of aromatic nitrogens is 2. The molecule has 6 nitrogen and oxygen atoms in total. The van der Waals surface area contributed by atoms with Crippen molar-refractivity contribution < 1.29 is 14.1 Å². The van der Waals surface area contributed by atoms with Gasteiger partial charge in [-0.1, -0.05) is 64.8 Å². The molecule has 1 amide bonds. The van der Waals surface area contributed by atoms with Crippen molar-refractivity contribution in [2.75, 3.05) is 11.9 Å². The highest BCUT2D eigenvalue weighted by atomic mass is 16.5. The van der Waals surface area contributed by atoms with Crippen molar-refractivity contribution in [1.82, 2.24) is 10.1 Å². The Kier molecular flexibility index (Phi) is 5.57. The second-order valence-electron chi connectivity index (χ2n) is 6.99. The van der Waals surface area contributed by atoms with Gasteiger partial charge >= 0.3 is 0 Å². The number of ether oxygens (including phenoxy) is 1. The molecule has 1 aromatic heterocycles. The molecule has 3 aromatic carbocycles. The Morgan fingerprint density at radius 1 is 0.933 bits per heavy atom. The number of amides is 1. The van der Waals surface area contributed by atoms with Crippen LogP contribution >= 0.6 is 0 Å². The number of rotatable bonds is 6. The summed E-state index contributed by atoms with van der Waals surface area (Å²) in [5, 5.41) is 6.88. The molecule has 1 N–H and O–H groups in total. The van der Waals surface area contributed by atoms with Crippen molar-refractivity contribution in [2.24, 2.45) is 0 Å². The van der Waals surface area contributed by atoms with E-state index >= 15 is 0 Å². The van der Waals surface area contributed by atoms with E-state index < -0.39 is 0 Å². The minimum absolute atomic E-state index is 0.135. The molecule has 150 valence electrons. The number of benzene rings is 3. The summed E-state index contributed by atoms with van der Waals surface area (Å²) >= 11 is 0. The van der Waals surface area contributed by atoms with Crippen LogP contribution in [-0.4, -0.2) is 22.7 Å². The fraction of sp³-hybridized carbons (Fsp3) is 0.125. The standard InChI is InChI=1S/C24H21N3O3/c1-16-7-11-18(12-8-16)23-26-24(30-27-23)20-5-3-4-6-21(20)29-15-22(28)25-19-13-9-17(2)10-14-19/h3-14H,15H2,1-2H3,(H,25,28). The van der Waals surface area contributed by atoms with Crippen molar-refractivity contribution in [3.8, 4) is 28.6 Å². The average molecular weight is 399 g/mol. The maximum absolute atomic E-state index is 12.2. The fourth-order valence-corrected chi connectivity index (χ4v) is 2.90. The molecule has 0 unspecified atom stereocenters. The number of carbonyl (C=O) groups is 1. The van der Waals surface area contributed by atoms with E-state index in [-0.39, 0.29) is 12.5 Å². The predicted octanol–water partition coefficient (Wildman–Crippen LogP) is 5.04. The van der Waals surface area contributed by atoms with Crippen molar-refractivity contribution in [3.63, 3.8) is 0 Å². The summed E-state index contributed by atoms with van der Waals surface area (Å²) in [6, 6.07) is 22.7. The van der Waals surface area contributed by atoms with Gasteiger partial charge in [-0.15, -0.1) is 0 Å². The van der Waals surface area contributed by atoms with E-state index in [0.29, 0.717) is 23.0 Å². The van der Waals surface area contributed by atoms with E-state index in [1.807, 2.05) is 80.6 Å². The number of anilines is 1. The van der Waals surface area contributed by atoms with E-state index in [1.165, 1.54) is 0 Å². The van der Waals surface area contributed by atoms with Gasteiger partial charge in [-0.05, 0) is 38.1 Å². The van der Waals surface area contributed by atoms with Crippen molar-refractivity contribution >= 4 is 11.6 Å². The van der Waals surface area contributed by atoms with Gasteiger partial charge in [0.15, 0.2) is 6.61 Å². The molecule has 0 saturated heterocycles. The second kappa shape index (κ2) is 8.61. The Morgan fingerprint density at radius 2 is 1.60 bits per heavy atom. The van der Waals surface area contributed by atoms with Crippen LogP contribution in [-0.2, 0) is 4.79 Å². The molecule has 0 bridgehead atoms. The summed E-state index contributed by atoms with van der Waals surface area (Å²) in [7, 11) is 0. The van der Waals surface area contributed by atoms with Gasteiger partial charge in [0.25, 0.3) is 11.8 Å². The molecule has 30 heavy (non-hydrogen) atoms. The lowest BCUT2D eigenvalue weighted by atomic mass is 10.1. The van der Waals surface area contributed by atoms with Crippen LogP contribution in [0.4, 0.5) is 5.69 Å². The van der Waals surface area contributed by atoms with E-state index in [1.54, 1.807) is 6.07 Å². The molecular formula is C24H21N3O3. The van der Waals surface area contributed by atoms with Gasteiger partial charge < -0.3 is 14.6 Å². The number of para-hydroxylation sites is 1. The van der Waals surface area contributed by atoms with E-state index in [9.17, 15) is 4.79 Å². The molecule has 0 saturated carbocycles. The van der Waals surface area contributed by atoms with Gasteiger partial charge in [-0.3, -0.25) is 4.79 Å². The van der Waals surface area contributed by atoms with E-state index in [0.717, 1.165) is 22.4 Å². The molecule has 6 heteroatoms. The first-order valence-electron chi connectivity index (χ1n) is 9.58. The topological polar surface area (TPSA) is 77.2 Å². The molecule has 0 aliphatic rings. The van der Waals surface area contributed by atoms with Gasteiger partial charge in [0.2, 0.25) is 5.82 Å². The molecule has 0 aliphatic heterocycles. The van der Waals surface area contributed by atoms with Gasteiger partial charge in [0.05, 0.1) is 5.56 Å². The summed E-state index contributed by atoms with van der Waals surface area (Å²) in [6.07, 6.45) is 0. The smallest absolute Gasteiger partial charge is 0.262 e. The zero-order chi connectivity index (χ0) is 20.9. The van der Waals surface area contributed by atoms with Gasteiger partial charge in [0, 0.05) is 11.3 Å². The minimum atomic E-state index is -0.250. The van der Waals surface area contributed by atoms with Crippen LogP contribution in [0, 0.1) is 13.8 Å². The number of aryl methyl sites for hydroxylation is 2. The first-order chi connectivity index (χ1) is 14.6. The van der Waals surface area contributed by atoms with Crippen molar-refractivity contribution in [2.45, 2.75) is 13.8 Å². The molecule has 0 spiro atoms. The van der Waals surface area contributed by atoms with Gasteiger partial charge in [-0.25, -0.2) is 0 Å². The molecular weight excluding hydrogens is 378 g/mol. The van der Waals surface area contributed by atoms with E-state index in [2.05, 4.69) is 15.5 Å². The lowest BCUT2D eigenvalue weighted by Crippen LogP contribution is -2.20. The molecule has 4 aromatic rings. The van der Waals surface area contributed by atoms with Gasteiger partial charge in [0.1, 0.15) is 5.75 Å². The highest BCUT2D eigenvalue weighted by Crippen LogP contribution is 2.30. The fourth-order valence-electron chi connectivity index (χ4n) is 2.90. The molecule has 0 fully saturated rings. The normalized spacial score (nSPS) is 10.6. The van der Waals surface area contributed by atoms with E-state index in [4.69, 9.17) is 9.26 Å².